The van der Waals surface area contributed by atoms with E-state index < -0.39 is 70.0 Å². The Kier molecular flexibility index (Phi) is 11.0. The molecule has 4 nitrogen and oxygen atoms in total. The van der Waals surface area contributed by atoms with E-state index in [4.69, 9.17) is 0 Å². The van der Waals surface area contributed by atoms with Crippen molar-refractivity contribution in [3.63, 3.8) is 0 Å². The van der Waals surface area contributed by atoms with Gasteiger partial charge in [-0.15, -0.1) is 24.0 Å². The molecule has 0 saturated heterocycles. The molecule has 1 N–H and O–H groups in total. The van der Waals surface area contributed by atoms with Gasteiger partial charge in [0, 0.05) is 6.54 Å². The first-order valence-corrected chi connectivity index (χ1v) is 9.75. The molecule has 0 amide bonds. The maximum absolute atomic E-state index is 13.7. The third-order valence-electron chi connectivity index (χ3n) is 4.10. The number of alkyl halides is 17. The molecule has 220 valence electrons. The predicted octanol–water partition coefficient (Wildman–Crippen LogP) is 5.44. The molecule has 0 radical (unpaired) electrons. The summed E-state index contributed by atoms with van der Waals surface area (Å²) in [6, 6.07) is 0. The van der Waals surface area contributed by atoms with E-state index in [0.717, 1.165) is 0 Å². The Morgan fingerprint density at radius 2 is 0.889 bits per heavy atom. The minimum Gasteiger partial charge on any atom is -0.309 e. The fourth-order valence-corrected chi connectivity index (χ4v) is 3.07. The highest BCUT2D eigenvalue weighted by Gasteiger charge is 2.96. The quantitative estimate of drug-likeness (QED) is 0.167. The van der Waals surface area contributed by atoms with Gasteiger partial charge in [0.05, 0.1) is 0 Å². The lowest BCUT2D eigenvalue weighted by Gasteiger charge is -2.42. The van der Waals surface area contributed by atoms with Crippen LogP contribution in [-0.2, 0) is 10.0 Å². The molecule has 0 atom stereocenters. The van der Waals surface area contributed by atoms with E-state index in [0.29, 0.717) is 4.72 Å². The van der Waals surface area contributed by atoms with E-state index in [-0.39, 0.29) is 30.5 Å². The van der Waals surface area contributed by atoms with Gasteiger partial charge in [0.25, 0.3) is 10.0 Å². The Morgan fingerprint density at radius 1 is 0.583 bits per heavy atom. The molecular formula is C13H14F17IN2O2S. The molecule has 0 heterocycles. The zero-order valence-corrected chi connectivity index (χ0v) is 20.3. The van der Waals surface area contributed by atoms with Crippen molar-refractivity contribution >= 4 is 34.0 Å². The lowest BCUT2D eigenvalue weighted by atomic mass is 9.91. The van der Waals surface area contributed by atoms with E-state index in [1.807, 2.05) is 0 Å². The van der Waals surface area contributed by atoms with Crippen molar-refractivity contribution in [3.05, 3.63) is 0 Å². The van der Waals surface area contributed by atoms with Crippen molar-refractivity contribution in [1.82, 2.24) is 9.62 Å². The normalized spacial score (nSPS) is 15.8. The number of halogens is 18. The lowest BCUT2D eigenvalue weighted by molar-refractivity contribution is -0.458. The molecule has 0 aliphatic heterocycles. The van der Waals surface area contributed by atoms with Crippen molar-refractivity contribution in [3.8, 4) is 0 Å². The monoisotopic (exact) mass is 712 g/mol. The summed E-state index contributed by atoms with van der Waals surface area (Å²) >= 11 is 0. The number of rotatable bonds is 12. The molecule has 0 bridgehead atoms. The first-order chi connectivity index (χ1) is 14.9. The SMILES string of the molecule is CN(C)CCCNS(=O)(=O)C(F)(F)C(F)(F)C(F)(F)C(F)(F)C(F)(F)C(F)(F)C(F)(F)C(F)(F)F.I. The van der Waals surface area contributed by atoms with Crippen LogP contribution >= 0.6 is 24.0 Å². The fraction of sp³-hybridized carbons (Fsp3) is 1.00. The molecule has 23 heteroatoms. The van der Waals surface area contributed by atoms with Gasteiger partial charge in [-0.25, -0.2) is 13.1 Å². The molecule has 0 unspecified atom stereocenters. The van der Waals surface area contributed by atoms with Gasteiger partial charge in [-0.05, 0) is 27.1 Å². The van der Waals surface area contributed by atoms with E-state index in [1.54, 1.807) is 0 Å². The van der Waals surface area contributed by atoms with Gasteiger partial charge in [-0.3, -0.25) is 0 Å². The van der Waals surface area contributed by atoms with Crippen molar-refractivity contribution in [2.24, 2.45) is 0 Å². The van der Waals surface area contributed by atoms with Crippen molar-refractivity contribution in [2.75, 3.05) is 27.2 Å². The molecule has 0 fully saturated rings. The summed E-state index contributed by atoms with van der Waals surface area (Å²) in [5.41, 5.74) is 0. The van der Waals surface area contributed by atoms with Gasteiger partial charge in [0.15, 0.2) is 0 Å². The van der Waals surface area contributed by atoms with E-state index >= 15 is 0 Å². The van der Waals surface area contributed by atoms with Gasteiger partial charge >= 0.3 is 47.0 Å². The standard InChI is InChI=1S/C13H13F17N2O2S.HI/c1-32(2)5-3-4-31-35(33,34)13(29,30)11(24,25)9(20,21)7(16,17)6(14,15)8(18,19)10(22,23)12(26,27)28;/h31H,3-5H2,1-2H3;1H. The van der Waals surface area contributed by atoms with Crippen LogP contribution in [0, 0.1) is 0 Å². The summed E-state index contributed by atoms with van der Waals surface area (Å²) < 4.78 is 246. The number of sulfonamides is 1. The van der Waals surface area contributed by atoms with Crippen molar-refractivity contribution in [1.29, 1.82) is 0 Å². The topological polar surface area (TPSA) is 49.4 Å². The molecule has 0 spiro atoms. The van der Waals surface area contributed by atoms with Crippen LogP contribution in [0.5, 0.6) is 0 Å². The molecular weight excluding hydrogens is 698 g/mol. The summed E-state index contributed by atoms with van der Waals surface area (Å²) in [5.74, 6) is -51.5. The van der Waals surface area contributed by atoms with E-state index in [2.05, 4.69) is 0 Å². The van der Waals surface area contributed by atoms with Crippen LogP contribution in [0.1, 0.15) is 6.42 Å². The van der Waals surface area contributed by atoms with Crippen LogP contribution in [0.15, 0.2) is 0 Å². The smallest absolute Gasteiger partial charge is 0.309 e. The zero-order valence-electron chi connectivity index (χ0n) is 17.1. The number of hydrogen-bond donors (Lipinski definition) is 1. The largest absolute Gasteiger partial charge is 0.460 e. The number of hydrogen-bond acceptors (Lipinski definition) is 3. The van der Waals surface area contributed by atoms with Crippen LogP contribution in [-0.4, -0.2) is 87.5 Å². The van der Waals surface area contributed by atoms with Crippen LogP contribution in [0.3, 0.4) is 0 Å². The Bertz CT molecular complexity index is 857. The van der Waals surface area contributed by atoms with Crippen molar-refractivity contribution < 1.29 is 83.1 Å². The van der Waals surface area contributed by atoms with Gasteiger partial charge < -0.3 is 4.90 Å². The first-order valence-electron chi connectivity index (χ1n) is 8.27. The van der Waals surface area contributed by atoms with Crippen LogP contribution in [0.25, 0.3) is 0 Å². The molecule has 0 aliphatic rings. The zero-order chi connectivity index (χ0) is 28.9. The Hall–Kier alpha value is -0.590. The second-order valence-electron chi connectivity index (χ2n) is 7.02. The van der Waals surface area contributed by atoms with Crippen LogP contribution in [0.4, 0.5) is 74.6 Å². The molecule has 0 aromatic rings. The second-order valence-corrected chi connectivity index (χ2v) is 8.82. The van der Waals surface area contributed by atoms with Gasteiger partial charge in [0.2, 0.25) is 0 Å². The maximum Gasteiger partial charge on any atom is 0.460 e. The maximum atomic E-state index is 13.7. The summed E-state index contributed by atoms with van der Waals surface area (Å²) in [4.78, 5) is 1.23. The number of nitrogens with one attached hydrogen (secondary N) is 1. The van der Waals surface area contributed by atoms with Crippen LogP contribution < -0.4 is 4.72 Å². The Balaban J connectivity index is 0. The molecule has 0 aromatic heterocycles. The molecule has 0 aromatic carbocycles. The third-order valence-corrected chi connectivity index (χ3v) is 5.62. The molecule has 36 heavy (non-hydrogen) atoms. The fourth-order valence-electron chi connectivity index (χ4n) is 2.01. The Labute approximate surface area is 207 Å². The summed E-state index contributed by atoms with van der Waals surface area (Å²) in [5, 5.41) is -7.52. The highest BCUT2D eigenvalue weighted by Crippen LogP contribution is 2.64. The summed E-state index contributed by atoms with van der Waals surface area (Å²) in [7, 11) is -4.61. The molecule has 0 rings (SSSR count). The van der Waals surface area contributed by atoms with Crippen molar-refractivity contribution in [2.45, 2.75) is 53.4 Å². The minimum atomic E-state index is -8.83. The van der Waals surface area contributed by atoms with E-state index in [1.165, 1.54) is 19.0 Å². The average Bonchev–Trinajstić information content (AvgIpc) is 2.62. The summed E-state index contributed by atoms with van der Waals surface area (Å²) in [6.45, 7) is -1.46. The van der Waals surface area contributed by atoms with E-state index in [9.17, 15) is 83.1 Å². The van der Waals surface area contributed by atoms with Gasteiger partial charge in [-0.1, -0.05) is 0 Å². The lowest BCUT2D eigenvalue weighted by Crippen LogP contribution is -2.75. The minimum absolute atomic E-state index is 0. The van der Waals surface area contributed by atoms with Gasteiger partial charge in [0.1, 0.15) is 0 Å². The predicted molar refractivity (Wildman–Crippen MR) is 96.2 cm³/mol. The molecule has 0 aliphatic carbocycles. The second kappa shape index (κ2) is 10.5. The highest BCUT2D eigenvalue weighted by atomic mass is 127. The first kappa shape index (κ1) is 37.6. The summed E-state index contributed by atoms with van der Waals surface area (Å²) in [6.07, 6.45) is -8.39. The number of nitrogens with zero attached hydrogens (tertiary/aromatic N) is 1. The highest BCUT2D eigenvalue weighted by molar-refractivity contribution is 14.0. The Morgan fingerprint density at radius 3 is 1.19 bits per heavy atom. The van der Waals surface area contributed by atoms with Crippen LogP contribution in [0.2, 0.25) is 0 Å². The molecule has 0 saturated carbocycles. The average molecular weight is 712 g/mol. The third kappa shape index (κ3) is 5.57. The van der Waals surface area contributed by atoms with Gasteiger partial charge in [-0.2, -0.15) is 74.6 Å².